The fourth-order valence-corrected chi connectivity index (χ4v) is 1.74. The molecule has 0 amide bonds. The zero-order chi connectivity index (χ0) is 12.1. The standard InChI is InChI=1S/C8H9F3N4S/c1-3-2-4(3)15-6(8(9,10)11)5(7(12)16)13-14-15/h3-4H,2H2,1H3,(H2,12,16). The maximum Gasteiger partial charge on any atom is 0.435 e. The van der Waals surface area contributed by atoms with E-state index in [1.54, 1.807) is 0 Å². The molecule has 0 bridgehead atoms. The van der Waals surface area contributed by atoms with Gasteiger partial charge >= 0.3 is 6.18 Å². The molecule has 1 aliphatic carbocycles. The second-order valence-corrected chi connectivity index (χ2v) is 4.31. The third-order valence-corrected chi connectivity index (χ3v) is 2.77. The highest BCUT2D eigenvalue weighted by atomic mass is 32.1. The highest BCUT2D eigenvalue weighted by molar-refractivity contribution is 7.80. The van der Waals surface area contributed by atoms with Crippen molar-refractivity contribution < 1.29 is 13.2 Å². The lowest BCUT2D eigenvalue weighted by molar-refractivity contribution is -0.144. The Bertz CT molecular complexity index is 439. The van der Waals surface area contributed by atoms with Gasteiger partial charge in [-0.1, -0.05) is 24.4 Å². The molecule has 0 aliphatic heterocycles. The molecule has 0 aromatic carbocycles. The van der Waals surface area contributed by atoms with E-state index in [2.05, 4.69) is 22.5 Å². The number of aromatic nitrogens is 3. The van der Waals surface area contributed by atoms with E-state index in [0.29, 0.717) is 6.42 Å². The van der Waals surface area contributed by atoms with Crippen molar-refractivity contribution in [1.29, 1.82) is 0 Å². The second kappa shape index (κ2) is 3.41. The van der Waals surface area contributed by atoms with Crippen molar-refractivity contribution in [2.45, 2.75) is 25.6 Å². The molecular weight excluding hydrogens is 241 g/mol. The zero-order valence-electron chi connectivity index (χ0n) is 8.32. The molecule has 16 heavy (non-hydrogen) atoms. The molecule has 1 aromatic rings. The van der Waals surface area contributed by atoms with Gasteiger partial charge in [-0.3, -0.25) is 0 Å². The topological polar surface area (TPSA) is 56.7 Å². The van der Waals surface area contributed by atoms with Crippen molar-refractivity contribution in [2.75, 3.05) is 0 Å². The van der Waals surface area contributed by atoms with Gasteiger partial charge < -0.3 is 5.73 Å². The van der Waals surface area contributed by atoms with Crippen molar-refractivity contribution in [1.82, 2.24) is 15.0 Å². The Labute approximate surface area is 94.6 Å². The highest BCUT2D eigenvalue weighted by Crippen LogP contribution is 2.45. The van der Waals surface area contributed by atoms with Crippen LogP contribution in [0.2, 0.25) is 0 Å². The fourth-order valence-electron chi connectivity index (χ4n) is 1.60. The molecule has 1 heterocycles. The predicted octanol–water partition coefficient (Wildman–Crippen LogP) is 1.51. The first kappa shape index (κ1) is 11.3. The number of thiocarbonyl (C=S) groups is 1. The van der Waals surface area contributed by atoms with Gasteiger partial charge in [0, 0.05) is 0 Å². The van der Waals surface area contributed by atoms with Crippen LogP contribution in [0, 0.1) is 5.92 Å². The van der Waals surface area contributed by atoms with Gasteiger partial charge in [0.15, 0.2) is 11.4 Å². The number of rotatable bonds is 2. The van der Waals surface area contributed by atoms with Gasteiger partial charge in [-0.15, -0.1) is 5.10 Å². The maximum atomic E-state index is 12.8. The molecule has 1 aromatic heterocycles. The van der Waals surface area contributed by atoms with Crippen molar-refractivity contribution >= 4 is 17.2 Å². The molecule has 2 rings (SSSR count). The first-order valence-electron chi connectivity index (χ1n) is 4.64. The number of halogens is 3. The normalized spacial score (nSPS) is 24.5. The van der Waals surface area contributed by atoms with E-state index in [0.717, 1.165) is 4.68 Å². The third kappa shape index (κ3) is 1.77. The molecule has 88 valence electrons. The summed E-state index contributed by atoms with van der Waals surface area (Å²) in [5.74, 6) is 0.182. The van der Waals surface area contributed by atoms with Crippen LogP contribution in [0.1, 0.15) is 30.8 Å². The van der Waals surface area contributed by atoms with Crippen LogP contribution < -0.4 is 5.73 Å². The largest absolute Gasteiger partial charge is 0.435 e. The lowest BCUT2D eigenvalue weighted by Crippen LogP contribution is -2.21. The lowest BCUT2D eigenvalue weighted by Gasteiger charge is -2.10. The fraction of sp³-hybridized carbons (Fsp3) is 0.625. The molecule has 4 nitrogen and oxygen atoms in total. The lowest BCUT2D eigenvalue weighted by atomic mass is 10.3. The van der Waals surface area contributed by atoms with Crippen LogP contribution in [0.5, 0.6) is 0 Å². The van der Waals surface area contributed by atoms with Crippen LogP contribution in [0.15, 0.2) is 0 Å². The molecular formula is C8H9F3N4S. The number of hydrogen-bond acceptors (Lipinski definition) is 3. The van der Waals surface area contributed by atoms with Crippen LogP contribution >= 0.6 is 12.2 Å². The predicted molar refractivity (Wildman–Crippen MR) is 53.7 cm³/mol. The van der Waals surface area contributed by atoms with Gasteiger partial charge in [0.25, 0.3) is 0 Å². The van der Waals surface area contributed by atoms with Gasteiger partial charge in [-0.25, -0.2) is 4.68 Å². The average molecular weight is 250 g/mol. The van der Waals surface area contributed by atoms with Crippen molar-refractivity contribution in [3.8, 4) is 0 Å². The summed E-state index contributed by atoms with van der Waals surface area (Å²) < 4.78 is 39.3. The summed E-state index contributed by atoms with van der Waals surface area (Å²) in [6, 6.07) is -0.243. The third-order valence-electron chi connectivity index (χ3n) is 2.58. The summed E-state index contributed by atoms with van der Waals surface area (Å²) in [5, 5.41) is 6.90. The molecule has 1 saturated carbocycles. The van der Waals surface area contributed by atoms with Gasteiger partial charge in [-0.05, 0) is 12.3 Å². The molecule has 2 unspecified atom stereocenters. The number of nitrogens with zero attached hydrogens (tertiary/aromatic N) is 3. The minimum absolute atomic E-state index is 0.182. The SMILES string of the molecule is CC1CC1n1nnc(C(N)=S)c1C(F)(F)F. The van der Waals surface area contributed by atoms with Crippen molar-refractivity contribution in [3.63, 3.8) is 0 Å². The summed E-state index contributed by atoms with van der Waals surface area (Å²) in [7, 11) is 0. The van der Waals surface area contributed by atoms with Crippen LogP contribution in [-0.2, 0) is 6.18 Å². The van der Waals surface area contributed by atoms with E-state index >= 15 is 0 Å². The van der Waals surface area contributed by atoms with E-state index in [4.69, 9.17) is 5.73 Å². The van der Waals surface area contributed by atoms with E-state index in [-0.39, 0.29) is 16.9 Å². The zero-order valence-corrected chi connectivity index (χ0v) is 9.14. The van der Waals surface area contributed by atoms with Crippen molar-refractivity contribution in [2.24, 2.45) is 11.7 Å². The van der Waals surface area contributed by atoms with Crippen LogP contribution in [0.4, 0.5) is 13.2 Å². The minimum atomic E-state index is -4.54. The Morgan fingerprint density at radius 1 is 1.56 bits per heavy atom. The molecule has 0 saturated heterocycles. The summed E-state index contributed by atoms with van der Waals surface area (Å²) in [6.07, 6.45) is -3.87. The van der Waals surface area contributed by atoms with Gasteiger partial charge in [0.1, 0.15) is 4.99 Å². The van der Waals surface area contributed by atoms with E-state index < -0.39 is 17.6 Å². The number of hydrogen-bond donors (Lipinski definition) is 1. The quantitative estimate of drug-likeness (QED) is 0.808. The first-order valence-corrected chi connectivity index (χ1v) is 5.05. The molecule has 2 atom stereocenters. The molecule has 1 fully saturated rings. The van der Waals surface area contributed by atoms with E-state index in [9.17, 15) is 13.2 Å². The van der Waals surface area contributed by atoms with E-state index in [1.807, 2.05) is 6.92 Å². The first-order chi connectivity index (χ1) is 7.32. The molecule has 0 radical (unpaired) electrons. The minimum Gasteiger partial charge on any atom is -0.388 e. The summed E-state index contributed by atoms with van der Waals surface area (Å²) in [5.41, 5.74) is 3.82. The Morgan fingerprint density at radius 3 is 2.50 bits per heavy atom. The summed E-state index contributed by atoms with van der Waals surface area (Å²) in [4.78, 5) is -0.383. The van der Waals surface area contributed by atoms with E-state index in [1.165, 1.54) is 0 Å². The van der Waals surface area contributed by atoms with Gasteiger partial charge in [0.05, 0.1) is 6.04 Å². The summed E-state index contributed by atoms with van der Waals surface area (Å²) in [6.45, 7) is 1.85. The van der Waals surface area contributed by atoms with Crippen LogP contribution in [-0.4, -0.2) is 20.0 Å². The Hall–Kier alpha value is -1.18. The van der Waals surface area contributed by atoms with Crippen molar-refractivity contribution in [3.05, 3.63) is 11.4 Å². The van der Waals surface area contributed by atoms with Gasteiger partial charge in [-0.2, -0.15) is 13.2 Å². The second-order valence-electron chi connectivity index (χ2n) is 3.87. The molecule has 2 N–H and O–H groups in total. The Morgan fingerprint density at radius 2 is 2.12 bits per heavy atom. The number of nitrogens with two attached hydrogens (primary N) is 1. The monoisotopic (exact) mass is 250 g/mol. The molecule has 8 heteroatoms. The summed E-state index contributed by atoms with van der Waals surface area (Å²) >= 11 is 4.53. The number of alkyl halides is 3. The molecule has 0 spiro atoms. The average Bonchev–Trinajstić information content (AvgIpc) is 2.70. The van der Waals surface area contributed by atoms with Crippen LogP contribution in [0.25, 0.3) is 0 Å². The maximum absolute atomic E-state index is 12.8. The molecule has 1 aliphatic rings. The smallest absolute Gasteiger partial charge is 0.388 e. The highest BCUT2D eigenvalue weighted by Gasteiger charge is 2.46. The van der Waals surface area contributed by atoms with Gasteiger partial charge in [0.2, 0.25) is 0 Å². The van der Waals surface area contributed by atoms with Crippen LogP contribution in [0.3, 0.4) is 0 Å². The Kier molecular flexibility index (Phi) is 2.41. The Balaban J connectivity index is 2.50.